The van der Waals surface area contributed by atoms with Gasteiger partial charge in [-0.05, 0) is 52.9 Å². The van der Waals surface area contributed by atoms with Gasteiger partial charge in [-0.1, -0.05) is 27.2 Å². The monoisotopic (exact) mass is 348 g/mol. The van der Waals surface area contributed by atoms with E-state index in [2.05, 4.69) is 58.8 Å². The first kappa shape index (κ1) is 23.0. The second-order valence-corrected chi connectivity index (χ2v) is 8.39. The van der Waals surface area contributed by atoms with E-state index in [9.17, 15) is 0 Å². The van der Waals surface area contributed by atoms with E-state index in [0.717, 1.165) is 52.2 Å². The largest absolute Gasteiger partial charge is 0.484 e. The molecule has 23 heavy (non-hydrogen) atoms. The van der Waals surface area contributed by atoms with Crippen LogP contribution in [0.3, 0.4) is 0 Å². The Hall–Kier alpha value is 0.0169. The molecule has 0 aliphatic rings. The molecule has 0 spiro atoms. The van der Waals surface area contributed by atoms with Gasteiger partial charge in [0.1, 0.15) is 0 Å². The van der Waals surface area contributed by atoms with Crippen LogP contribution in [0, 0.1) is 11.8 Å². The quantitative estimate of drug-likeness (QED) is 0.424. The normalized spacial score (nSPS) is 14.9. The summed E-state index contributed by atoms with van der Waals surface area (Å²) in [7, 11) is 6.55. The second kappa shape index (κ2) is 14.4. The van der Waals surface area contributed by atoms with Crippen molar-refractivity contribution in [2.45, 2.75) is 40.0 Å². The zero-order chi connectivity index (χ0) is 17.7. The summed E-state index contributed by atoms with van der Waals surface area (Å²) < 4.78 is 17.8. The van der Waals surface area contributed by atoms with Crippen molar-refractivity contribution in [2.24, 2.45) is 11.8 Å². The third-order valence-electron chi connectivity index (χ3n) is 3.75. The summed E-state index contributed by atoms with van der Waals surface area (Å²) >= 11 is 0. The first-order chi connectivity index (χ1) is 10.9. The van der Waals surface area contributed by atoms with Crippen LogP contribution in [0.2, 0.25) is 0 Å². The molecule has 0 fully saturated rings. The summed E-state index contributed by atoms with van der Waals surface area (Å²) in [5.74, 6) is 1.13. The molecular weight excluding hydrogens is 308 g/mol. The van der Waals surface area contributed by atoms with Gasteiger partial charge in [0.05, 0.1) is 0 Å². The van der Waals surface area contributed by atoms with Crippen LogP contribution in [0.1, 0.15) is 40.0 Å². The lowest BCUT2D eigenvalue weighted by Gasteiger charge is -2.31. The molecule has 0 aliphatic heterocycles. The van der Waals surface area contributed by atoms with Crippen molar-refractivity contribution in [3.05, 3.63) is 0 Å². The van der Waals surface area contributed by atoms with Crippen LogP contribution in [0.4, 0.5) is 0 Å². The van der Waals surface area contributed by atoms with E-state index in [4.69, 9.17) is 13.3 Å². The Kier molecular flexibility index (Phi) is 14.4. The highest BCUT2D eigenvalue weighted by atomic mass is 28.3. The van der Waals surface area contributed by atoms with E-state index < -0.39 is 9.53 Å². The molecule has 0 saturated carbocycles. The van der Waals surface area contributed by atoms with E-state index in [1.165, 1.54) is 0 Å². The minimum absolute atomic E-state index is 0.503. The Bertz CT molecular complexity index is 260. The molecule has 0 aliphatic carbocycles. The van der Waals surface area contributed by atoms with Gasteiger partial charge >= 0.3 is 9.53 Å². The molecule has 0 rings (SSSR count). The first-order valence-electron chi connectivity index (χ1n) is 9.08. The smallest absolute Gasteiger partial charge is 0.376 e. The summed E-state index contributed by atoms with van der Waals surface area (Å²) in [5.41, 5.74) is 0. The van der Waals surface area contributed by atoms with Crippen molar-refractivity contribution < 1.29 is 13.3 Å². The summed E-state index contributed by atoms with van der Waals surface area (Å²) in [4.78, 5) is 4.52. The maximum atomic E-state index is 6.12. The highest BCUT2D eigenvalue weighted by molar-refractivity contribution is 6.36. The van der Waals surface area contributed by atoms with Crippen molar-refractivity contribution in [3.63, 3.8) is 0 Å². The summed E-state index contributed by atoms with van der Waals surface area (Å²) in [6.45, 7) is 10.8. The van der Waals surface area contributed by atoms with E-state index >= 15 is 0 Å². The van der Waals surface area contributed by atoms with Crippen molar-refractivity contribution in [1.29, 1.82) is 0 Å². The van der Waals surface area contributed by atoms with E-state index in [1.807, 2.05) is 0 Å². The van der Waals surface area contributed by atoms with Crippen LogP contribution in [-0.2, 0) is 13.3 Å². The van der Waals surface area contributed by atoms with Crippen molar-refractivity contribution in [3.8, 4) is 0 Å². The van der Waals surface area contributed by atoms with Gasteiger partial charge < -0.3 is 23.1 Å². The molecule has 0 N–H and O–H groups in total. The van der Waals surface area contributed by atoms with Crippen molar-refractivity contribution in [1.82, 2.24) is 9.80 Å². The van der Waals surface area contributed by atoms with Gasteiger partial charge in [-0.25, -0.2) is 0 Å². The fourth-order valence-corrected chi connectivity index (χ4v) is 4.21. The van der Waals surface area contributed by atoms with E-state index in [1.54, 1.807) is 0 Å². The summed E-state index contributed by atoms with van der Waals surface area (Å²) in [6.07, 6.45) is 3.17. The van der Waals surface area contributed by atoms with Crippen molar-refractivity contribution in [2.75, 3.05) is 61.1 Å². The predicted molar refractivity (Wildman–Crippen MR) is 100.0 cm³/mol. The van der Waals surface area contributed by atoms with Crippen LogP contribution in [-0.4, -0.2) is 80.4 Å². The molecule has 0 bridgehead atoms. The third-order valence-corrected chi connectivity index (χ3v) is 5.23. The molecule has 6 heteroatoms. The topological polar surface area (TPSA) is 34.2 Å². The summed E-state index contributed by atoms with van der Waals surface area (Å²) in [5, 5.41) is 0. The maximum absolute atomic E-state index is 6.12. The zero-order valence-corrected chi connectivity index (χ0v) is 17.7. The fraction of sp³-hybridized carbons (Fsp3) is 1.00. The molecule has 0 saturated heterocycles. The van der Waals surface area contributed by atoms with Gasteiger partial charge in [0, 0.05) is 32.9 Å². The van der Waals surface area contributed by atoms with Crippen LogP contribution in [0.5, 0.6) is 0 Å². The van der Waals surface area contributed by atoms with Gasteiger partial charge in [0.25, 0.3) is 0 Å². The average molecular weight is 349 g/mol. The molecule has 2 unspecified atom stereocenters. The average Bonchev–Trinajstić information content (AvgIpc) is 2.50. The first-order valence-corrected chi connectivity index (χ1v) is 10.5. The lowest BCUT2D eigenvalue weighted by atomic mass is 9.90. The Morgan fingerprint density at radius 3 is 1.61 bits per heavy atom. The molecule has 0 aromatic carbocycles. The molecule has 2 atom stereocenters. The van der Waals surface area contributed by atoms with Gasteiger partial charge in [0.2, 0.25) is 0 Å². The molecule has 0 aromatic rings. The minimum Gasteiger partial charge on any atom is -0.376 e. The summed E-state index contributed by atoms with van der Waals surface area (Å²) in [6, 6.07) is 0. The van der Waals surface area contributed by atoms with Gasteiger partial charge in [0.15, 0.2) is 0 Å². The molecule has 0 aromatic heterocycles. The molecule has 0 amide bonds. The highest BCUT2D eigenvalue weighted by Crippen LogP contribution is 2.19. The minimum atomic E-state index is -1.99. The van der Waals surface area contributed by atoms with Gasteiger partial charge in [-0.2, -0.15) is 0 Å². The Morgan fingerprint density at radius 1 is 0.739 bits per heavy atom. The van der Waals surface area contributed by atoms with Crippen LogP contribution in [0.25, 0.3) is 0 Å². The second-order valence-electron chi connectivity index (χ2n) is 6.82. The molecular formula is C17H40N2O3Si. The number of hydrogen-bond donors (Lipinski definition) is 0. The van der Waals surface area contributed by atoms with Gasteiger partial charge in [-0.3, -0.25) is 0 Å². The predicted octanol–water partition coefficient (Wildman–Crippen LogP) is 2.34. The lowest BCUT2D eigenvalue weighted by Crippen LogP contribution is -2.39. The Morgan fingerprint density at radius 2 is 1.22 bits per heavy atom. The van der Waals surface area contributed by atoms with Crippen LogP contribution < -0.4 is 0 Å². The van der Waals surface area contributed by atoms with Crippen LogP contribution in [0.15, 0.2) is 0 Å². The number of hydrogen-bond acceptors (Lipinski definition) is 5. The van der Waals surface area contributed by atoms with Crippen molar-refractivity contribution >= 4 is 9.53 Å². The zero-order valence-electron chi connectivity index (χ0n) is 16.5. The Balaban J connectivity index is 4.62. The fourth-order valence-electron chi connectivity index (χ4n) is 2.66. The molecule has 140 valence electrons. The highest BCUT2D eigenvalue weighted by Gasteiger charge is 2.25. The SMILES string of the molecule is CCCO[SiH](OCCC)OCC(CN(C)C)C(CC)CN(C)C. The van der Waals surface area contributed by atoms with Gasteiger partial charge in [-0.15, -0.1) is 0 Å². The molecule has 0 radical (unpaired) electrons. The number of rotatable bonds is 15. The maximum Gasteiger partial charge on any atom is 0.484 e. The lowest BCUT2D eigenvalue weighted by molar-refractivity contribution is 0.0579. The number of nitrogens with zero attached hydrogens (tertiary/aromatic N) is 2. The van der Waals surface area contributed by atoms with Crippen LogP contribution >= 0.6 is 0 Å². The Labute approximate surface area is 146 Å². The standard InChI is InChI=1S/C17H40N2O3Si/c1-8-11-20-23(21-12-9-2)22-15-17(14-19(6)7)16(10-3)13-18(4)5/h16-17,23H,8-15H2,1-7H3. The molecule has 5 nitrogen and oxygen atoms in total. The molecule has 0 heterocycles. The third kappa shape index (κ3) is 12.1. The van der Waals surface area contributed by atoms with E-state index in [-0.39, 0.29) is 0 Å². The van der Waals surface area contributed by atoms with E-state index in [0.29, 0.717) is 11.8 Å².